The smallest absolute Gasteiger partial charge is 0.307 e. The van der Waals surface area contributed by atoms with E-state index in [0.717, 1.165) is 40.9 Å². The molecule has 1 aromatic carbocycles. The average molecular weight is 270 g/mol. The molecule has 1 fully saturated rings. The first-order chi connectivity index (χ1) is 9.66. The number of para-hydroxylation sites is 1. The minimum Gasteiger partial charge on any atom is -0.481 e. The molecule has 4 heteroatoms. The lowest BCUT2D eigenvalue weighted by atomic mass is 10.0. The number of hydrogen-bond acceptors (Lipinski definition) is 3. The molecule has 0 aliphatic carbocycles. The Morgan fingerprint density at radius 3 is 2.70 bits per heavy atom. The van der Waals surface area contributed by atoms with E-state index < -0.39 is 5.97 Å². The molecule has 0 bridgehead atoms. The van der Waals surface area contributed by atoms with Crippen LogP contribution in [0.5, 0.6) is 0 Å². The van der Waals surface area contributed by atoms with Crippen LogP contribution in [0.2, 0.25) is 0 Å². The van der Waals surface area contributed by atoms with Crippen LogP contribution in [0.1, 0.15) is 24.1 Å². The largest absolute Gasteiger partial charge is 0.481 e. The highest BCUT2D eigenvalue weighted by molar-refractivity contribution is 5.95. The number of nitrogens with zero attached hydrogens (tertiary/aromatic N) is 2. The Bertz CT molecular complexity index is 661. The Morgan fingerprint density at radius 1 is 1.30 bits per heavy atom. The van der Waals surface area contributed by atoms with Crippen molar-refractivity contribution in [2.24, 2.45) is 0 Å². The standard InChI is InChI=1S/C16H18N2O2/c1-11-13(10-15(19)20)16(18-8-4-5-9-18)12-6-2-3-7-14(12)17-11/h2-3,6-7H,4-5,8-10H2,1H3,(H,19,20). The quantitative estimate of drug-likeness (QED) is 0.931. The van der Waals surface area contributed by atoms with Crippen molar-refractivity contribution in [2.45, 2.75) is 26.2 Å². The van der Waals surface area contributed by atoms with Crippen LogP contribution in [0.15, 0.2) is 24.3 Å². The van der Waals surface area contributed by atoms with Crippen molar-refractivity contribution >= 4 is 22.6 Å². The number of rotatable bonds is 3. The number of aliphatic carboxylic acids is 1. The van der Waals surface area contributed by atoms with Gasteiger partial charge in [0.2, 0.25) is 0 Å². The van der Waals surface area contributed by atoms with E-state index in [2.05, 4.69) is 9.88 Å². The van der Waals surface area contributed by atoms with Gasteiger partial charge in [-0.2, -0.15) is 0 Å². The van der Waals surface area contributed by atoms with Gasteiger partial charge in [0, 0.05) is 29.7 Å². The number of aromatic nitrogens is 1. The molecule has 104 valence electrons. The molecule has 0 saturated carbocycles. The zero-order chi connectivity index (χ0) is 14.1. The summed E-state index contributed by atoms with van der Waals surface area (Å²) in [7, 11) is 0. The molecule has 0 atom stereocenters. The van der Waals surface area contributed by atoms with Crippen LogP contribution in [0.3, 0.4) is 0 Å². The van der Waals surface area contributed by atoms with Crippen LogP contribution in [-0.2, 0) is 11.2 Å². The fourth-order valence-electron chi connectivity index (χ4n) is 3.02. The van der Waals surface area contributed by atoms with Gasteiger partial charge in [0.25, 0.3) is 0 Å². The van der Waals surface area contributed by atoms with Crippen LogP contribution in [0, 0.1) is 6.92 Å². The van der Waals surface area contributed by atoms with E-state index in [1.165, 1.54) is 12.8 Å². The van der Waals surface area contributed by atoms with Crippen molar-refractivity contribution in [1.29, 1.82) is 0 Å². The van der Waals surface area contributed by atoms with Gasteiger partial charge in [0.1, 0.15) is 0 Å². The first kappa shape index (κ1) is 12.9. The Labute approximate surface area is 118 Å². The summed E-state index contributed by atoms with van der Waals surface area (Å²) in [5, 5.41) is 10.3. The summed E-state index contributed by atoms with van der Waals surface area (Å²) in [6, 6.07) is 8.00. The second-order valence-electron chi connectivity index (χ2n) is 5.31. The van der Waals surface area contributed by atoms with Crippen molar-refractivity contribution < 1.29 is 9.90 Å². The highest BCUT2D eigenvalue weighted by Crippen LogP contribution is 2.34. The van der Waals surface area contributed by atoms with Gasteiger partial charge in [-0.15, -0.1) is 0 Å². The van der Waals surface area contributed by atoms with E-state index >= 15 is 0 Å². The number of benzene rings is 1. The van der Waals surface area contributed by atoms with Crippen molar-refractivity contribution in [3.63, 3.8) is 0 Å². The molecule has 0 unspecified atom stereocenters. The van der Waals surface area contributed by atoms with Crippen molar-refractivity contribution in [2.75, 3.05) is 18.0 Å². The van der Waals surface area contributed by atoms with Gasteiger partial charge in [-0.25, -0.2) is 0 Å². The van der Waals surface area contributed by atoms with E-state index in [4.69, 9.17) is 0 Å². The third-order valence-corrected chi connectivity index (χ3v) is 3.92. The summed E-state index contributed by atoms with van der Waals surface area (Å²) in [4.78, 5) is 18.1. The molecular formula is C16H18N2O2. The average Bonchev–Trinajstić information content (AvgIpc) is 2.92. The Hall–Kier alpha value is -2.10. The number of carboxylic acids is 1. The Morgan fingerprint density at radius 2 is 2.00 bits per heavy atom. The molecule has 1 aromatic heterocycles. The van der Waals surface area contributed by atoms with Crippen LogP contribution in [0.25, 0.3) is 10.9 Å². The lowest BCUT2D eigenvalue weighted by Crippen LogP contribution is -2.21. The van der Waals surface area contributed by atoms with E-state index in [1.807, 2.05) is 31.2 Å². The van der Waals surface area contributed by atoms with Gasteiger partial charge >= 0.3 is 5.97 Å². The molecule has 1 saturated heterocycles. The van der Waals surface area contributed by atoms with Gasteiger partial charge in [-0.05, 0) is 25.8 Å². The van der Waals surface area contributed by atoms with E-state index in [1.54, 1.807) is 0 Å². The molecule has 0 amide bonds. The number of aryl methyl sites for hydroxylation is 1. The predicted molar refractivity (Wildman–Crippen MR) is 79.3 cm³/mol. The molecule has 1 N–H and O–H groups in total. The first-order valence-corrected chi connectivity index (χ1v) is 7.02. The van der Waals surface area contributed by atoms with Crippen molar-refractivity contribution in [3.05, 3.63) is 35.5 Å². The molecule has 2 heterocycles. The summed E-state index contributed by atoms with van der Waals surface area (Å²) < 4.78 is 0. The Kier molecular flexibility index (Phi) is 3.30. The van der Waals surface area contributed by atoms with Crippen LogP contribution >= 0.6 is 0 Å². The lowest BCUT2D eigenvalue weighted by molar-refractivity contribution is -0.136. The van der Waals surface area contributed by atoms with E-state index in [9.17, 15) is 9.90 Å². The van der Waals surface area contributed by atoms with Gasteiger partial charge in [-0.3, -0.25) is 9.78 Å². The van der Waals surface area contributed by atoms with Gasteiger partial charge < -0.3 is 10.0 Å². The van der Waals surface area contributed by atoms with Gasteiger partial charge in [0.05, 0.1) is 17.6 Å². The molecule has 20 heavy (non-hydrogen) atoms. The highest BCUT2D eigenvalue weighted by Gasteiger charge is 2.22. The summed E-state index contributed by atoms with van der Waals surface area (Å²) in [6.07, 6.45) is 2.37. The van der Waals surface area contributed by atoms with Gasteiger partial charge in [0.15, 0.2) is 0 Å². The van der Waals surface area contributed by atoms with Crippen LogP contribution < -0.4 is 4.90 Å². The second kappa shape index (κ2) is 5.12. The number of anilines is 1. The lowest BCUT2D eigenvalue weighted by Gasteiger charge is -2.24. The monoisotopic (exact) mass is 270 g/mol. The summed E-state index contributed by atoms with van der Waals surface area (Å²) in [5.74, 6) is -0.800. The zero-order valence-corrected chi connectivity index (χ0v) is 11.6. The van der Waals surface area contributed by atoms with Crippen LogP contribution in [-0.4, -0.2) is 29.1 Å². The minimum absolute atomic E-state index is 0.0372. The zero-order valence-electron chi connectivity index (χ0n) is 11.6. The van der Waals surface area contributed by atoms with Gasteiger partial charge in [-0.1, -0.05) is 18.2 Å². The topological polar surface area (TPSA) is 53.4 Å². The number of hydrogen-bond donors (Lipinski definition) is 1. The maximum absolute atomic E-state index is 11.2. The molecule has 3 rings (SSSR count). The predicted octanol–water partition coefficient (Wildman–Crippen LogP) is 2.77. The van der Waals surface area contributed by atoms with E-state index in [0.29, 0.717) is 0 Å². The molecule has 2 aromatic rings. The van der Waals surface area contributed by atoms with Crippen LogP contribution in [0.4, 0.5) is 5.69 Å². The molecule has 1 aliphatic rings. The molecule has 0 radical (unpaired) electrons. The summed E-state index contributed by atoms with van der Waals surface area (Å²) in [5.41, 5.74) is 3.71. The molecule has 0 spiro atoms. The number of carbonyl (C=O) groups is 1. The fourth-order valence-corrected chi connectivity index (χ4v) is 3.02. The Balaban J connectivity index is 2.25. The second-order valence-corrected chi connectivity index (χ2v) is 5.31. The van der Waals surface area contributed by atoms with Crippen molar-refractivity contribution in [3.8, 4) is 0 Å². The third kappa shape index (κ3) is 2.22. The minimum atomic E-state index is -0.800. The number of carboxylic acid groups (broad SMARTS) is 1. The third-order valence-electron chi connectivity index (χ3n) is 3.92. The summed E-state index contributed by atoms with van der Waals surface area (Å²) in [6.45, 7) is 3.91. The first-order valence-electron chi connectivity index (χ1n) is 7.02. The highest BCUT2D eigenvalue weighted by atomic mass is 16.4. The molecular weight excluding hydrogens is 252 g/mol. The maximum Gasteiger partial charge on any atom is 0.307 e. The van der Waals surface area contributed by atoms with Crippen molar-refractivity contribution in [1.82, 2.24) is 4.98 Å². The maximum atomic E-state index is 11.2. The molecule has 1 aliphatic heterocycles. The SMILES string of the molecule is Cc1nc2ccccc2c(N2CCCC2)c1CC(=O)O. The number of fused-ring (bicyclic) bond motifs is 1. The normalized spacial score (nSPS) is 14.9. The number of pyridine rings is 1. The van der Waals surface area contributed by atoms with E-state index in [-0.39, 0.29) is 6.42 Å². The molecule has 4 nitrogen and oxygen atoms in total. The summed E-state index contributed by atoms with van der Waals surface area (Å²) >= 11 is 0. The fraction of sp³-hybridized carbons (Fsp3) is 0.375.